The predicted molar refractivity (Wildman–Crippen MR) is 130 cm³/mol. The van der Waals surface area contributed by atoms with Gasteiger partial charge in [0.25, 0.3) is 5.91 Å². The van der Waals surface area contributed by atoms with E-state index in [-0.39, 0.29) is 52.1 Å². The van der Waals surface area contributed by atoms with E-state index < -0.39 is 52.9 Å². The third-order valence-corrected chi connectivity index (χ3v) is 6.86. The van der Waals surface area contributed by atoms with Gasteiger partial charge in [0.15, 0.2) is 0 Å². The molecule has 3 aromatic carbocycles. The molecular formula is C26H17ClF5N3O4. The Morgan fingerprint density at radius 1 is 1.10 bits per heavy atom. The van der Waals surface area contributed by atoms with E-state index >= 15 is 0 Å². The summed E-state index contributed by atoms with van der Waals surface area (Å²) in [5.41, 5.74) is -1.11. The fourth-order valence-electron chi connectivity index (χ4n) is 4.84. The van der Waals surface area contributed by atoms with Crippen molar-refractivity contribution in [2.24, 2.45) is 0 Å². The van der Waals surface area contributed by atoms with E-state index in [1.165, 1.54) is 17.0 Å². The molecule has 2 heterocycles. The maximum atomic E-state index is 14.2. The number of anilines is 2. The lowest BCUT2D eigenvalue weighted by molar-refractivity contribution is -0.137. The number of halogens is 6. The van der Waals surface area contributed by atoms with Crippen LogP contribution in [0.5, 0.6) is 0 Å². The molecule has 39 heavy (non-hydrogen) atoms. The molecule has 0 fully saturated rings. The van der Waals surface area contributed by atoms with Crippen molar-refractivity contribution in [3.8, 4) is 0 Å². The number of amides is 3. The Balaban J connectivity index is 1.71. The molecule has 0 saturated carbocycles. The second-order valence-corrected chi connectivity index (χ2v) is 9.24. The van der Waals surface area contributed by atoms with Crippen LogP contribution in [0.4, 0.5) is 38.1 Å². The number of carbonyl (C=O) groups is 3. The summed E-state index contributed by atoms with van der Waals surface area (Å²) < 4.78 is 72.8. The molecule has 202 valence electrons. The van der Waals surface area contributed by atoms with Crippen LogP contribution in [-0.2, 0) is 17.3 Å². The van der Waals surface area contributed by atoms with Gasteiger partial charge in [-0.25, -0.2) is 18.4 Å². The summed E-state index contributed by atoms with van der Waals surface area (Å²) in [5.74, 6) is -3.87. The Hall–Kier alpha value is -4.19. The Kier molecular flexibility index (Phi) is 6.45. The third kappa shape index (κ3) is 4.65. The Morgan fingerprint density at radius 3 is 2.54 bits per heavy atom. The van der Waals surface area contributed by atoms with Crippen LogP contribution in [0.2, 0.25) is 5.02 Å². The summed E-state index contributed by atoms with van der Waals surface area (Å²) in [6.45, 7) is 0.165. The lowest BCUT2D eigenvalue weighted by atomic mass is 9.89. The van der Waals surface area contributed by atoms with E-state index in [0.717, 1.165) is 19.2 Å². The molecule has 0 radical (unpaired) electrons. The highest BCUT2D eigenvalue weighted by molar-refractivity contribution is 6.31. The zero-order chi connectivity index (χ0) is 28.2. The SMILES string of the molecule is COC(=O)c1cc(NC(=O)c2cc(F)cc(C(F)(F)F)c2)c2c3c1CCN3C(=O)NC2c1cc(F)ccc1Cl. The van der Waals surface area contributed by atoms with E-state index in [0.29, 0.717) is 17.7 Å². The third-order valence-electron chi connectivity index (χ3n) is 6.51. The first kappa shape index (κ1) is 26.4. The quantitative estimate of drug-likeness (QED) is 0.307. The van der Waals surface area contributed by atoms with Gasteiger partial charge in [0, 0.05) is 33.9 Å². The second kappa shape index (κ2) is 9.53. The molecule has 0 bridgehead atoms. The van der Waals surface area contributed by atoms with Crippen LogP contribution in [0.3, 0.4) is 0 Å². The summed E-state index contributed by atoms with van der Waals surface area (Å²) >= 11 is 6.33. The summed E-state index contributed by atoms with van der Waals surface area (Å²) in [6, 6.07) is 4.38. The van der Waals surface area contributed by atoms with E-state index in [1.807, 2.05) is 0 Å². The van der Waals surface area contributed by atoms with Crippen molar-refractivity contribution >= 4 is 40.9 Å². The van der Waals surface area contributed by atoms with Gasteiger partial charge in [0.05, 0.1) is 30.0 Å². The minimum Gasteiger partial charge on any atom is -0.465 e. The van der Waals surface area contributed by atoms with Crippen LogP contribution in [-0.4, -0.2) is 31.6 Å². The first-order valence-corrected chi connectivity index (χ1v) is 11.8. The molecule has 3 aromatic rings. The monoisotopic (exact) mass is 565 g/mol. The highest BCUT2D eigenvalue weighted by atomic mass is 35.5. The number of urea groups is 1. The molecule has 0 aromatic heterocycles. The van der Waals surface area contributed by atoms with Crippen molar-refractivity contribution in [3.63, 3.8) is 0 Å². The molecule has 7 nitrogen and oxygen atoms in total. The molecular weight excluding hydrogens is 549 g/mol. The average molecular weight is 566 g/mol. The predicted octanol–water partition coefficient (Wildman–Crippen LogP) is 5.85. The maximum absolute atomic E-state index is 14.2. The molecule has 0 spiro atoms. The van der Waals surface area contributed by atoms with Crippen molar-refractivity contribution in [2.45, 2.75) is 18.6 Å². The van der Waals surface area contributed by atoms with Crippen LogP contribution in [0.25, 0.3) is 0 Å². The molecule has 2 aliphatic rings. The van der Waals surface area contributed by atoms with Crippen LogP contribution in [0, 0.1) is 11.6 Å². The van der Waals surface area contributed by atoms with Gasteiger partial charge in [0.2, 0.25) is 0 Å². The fraction of sp³-hybridized carbons (Fsp3) is 0.192. The van der Waals surface area contributed by atoms with Crippen molar-refractivity contribution in [1.29, 1.82) is 0 Å². The smallest absolute Gasteiger partial charge is 0.416 e. The summed E-state index contributed by atoms with van der Waals surface area (Å²) in [4.78, 5) is 40.1. The molecule has 0 aliphatic carbocycles. The number of carbonyl (C=O) groups excluding carboxylic acids is 3. The van der Waals surface area contributed by atoms with Crippen LogP contribution in [0.15, 0.2) is 42.5 Å². The summed E-state index contributed by atoms with van der Waals surface area (Å²) in [7, 11) is 1.13. The molecule has 5 rings (SSSR count). The first-order valence-electron chi connectivity index (χ1n) is 11.4. The largest absolute Gasteiger partial charge is 0.465 e. The number of hydrogen-bond donors (Lipinski definition) is 2. The molecule has 3 amide bonds. The van der Waals surface area contributed by atoms with Crippen LogP contribution < -0.4 is 15.5 Å². The topological polar surface area (TPSA) is 87.7 Å². The van der Waals surface area contributed by atoms with Gasteiger partial charge in [-0.1, -0.05) is 11.6 Å². The van der Waals surface area contributed by atoms with Gasteiger partial charge in [-0.2, -0.15) is 13.2 Å². The van der Waals surface area contributed by atoms with E-state index in [1.54, 1.807) is 0 Å². The molecule has 1 atom stereocenters. The number of nitrogens with zero attached hydrogens (tertiary/aromatic N) is 1. The van der Waals surface area contributed by atoms with Crippen LogP contribution >= 0.6 is 11.6 Å². The standard InChI is InChI=1S/C26H17ClF5N3O4/c1-39-24(37)16-10-19(33-23(36)11-6-12(26(30,31)32)8-14(29)7-11)20-21(17-9-13(28)2-3-18(17)27)34-25(38)35-5-4-15(16)22(20)35/h2-3,6-10,21H,4-5H2,1H3,(H,33,36)(H,34,38). The van der Waals surface area contributed by atoms with Crippen molar-refractivity contribution in [1.82, 2.24) is 5.32 Å². The molecule has 1 unspecified atom stereocenters. The number of esters is 1. The Labute approximate surface area is 222 Å². The number of ether oxygens (including phenoxy) is 1. The normalized spacial score (nSPS) is 16.0. The number of hydrogen-bond acceptors (Lipinski definition) is 4. The fourth-order valence-corrected chi connectivity index (χ4v) is 5.06. The first-order chi connectivity index (χ1) is 18.4. The Bertz CT molecular complexity index is 1560. The van der Waals surface area contributed by atoms with Crippen LogP contribution in [0.1, 0.15) is 49.0 Å². The number of benzene rings is 3. The van der Waals surface area contributed by atoms with Crippen molar-refractivity contribution in [2.75, 3.05) is 23.9 Å². The van der Waals surface area contributed by atoms with Gasteiger partial charge < -0.3 is 15.4 Å². The molecule has 2 aliphatic heterocycles. The van der Waals surface area contributed by atoms with E-state index in [9.17, 15) is 36.3 Å². The van der Waals surface area contributed by atoms with Gasteiger partial charge in [0.1, 0.15) is 11.6 Å². The second-order valence-electron chi connectivity index (χ2n) is 8.83. The highest BCUT2D eigenvalue weighted by Crippen LogP contribution is 2.48. The van der Waals surface area contributed by atoms with E-state index in [4.69, 9.17) is 16.3 Å². The van der Waals surface area contributed by atoms with Crippen molar-refractivity contribution in [3.05, 3.63) is 92.5 Å². The lowest BCUT2D eigenvalue weighted by Crippen LogP contribution is -2.46. The number of nitrogens with one attached hydrogen (secondary N) is 2. The maximum Gasteiger partial charge on any atom is 0.416 e. The van der Waals surface area contributed by atoms with Gasteiger partial charge in [-0.05, 0) is 54.4 Å². The summed E-state index contributed by atoms with van der Waals surface area (Å²) in [6.07, 6.45) is -4.67. The zero-order valence-corrected chi connectivity index (χ0v) is 20.6. The highest BCUT2D eigenvalue weighted by Gasteiger charge is 2.42. The lowest BCUT2D eigenvalue weighted by Gasteiger charge is -2.35. The molecule has 2 N–H and O–H groups in total. The summed E-state index contributed by atoms with van der Waals surface area (Å²) in [5, 5.41) is 5.23. The van der Waals surface area contributed by atoms with Crippen molar-refractivity contribution < 1.29 is 41.1 Å². The average Bonchev–Trinajstić information content (AvgIpc) is 3.33. The van der Waals surface area contributed by atoms with E-state index in [2.05, 4.69) is 10.6 Å². The van der Waals surface area contributed by atoms with Gasteiger partial charge in [-0.15, -0.1) is 0 Å². The number of alkyl halides is 3. The van der Waals surface area contributed by atoms with Gasteiger partial charge >= 0.3 is 18.2 Å². The van der Waals surface area contributed by atoms with Gasteiger partial charge in [-0.3, -0.25) is 9.69 Å². The minimum atomic E-state index is -4.92. The Morgan fingerprint density at radius 2 is 1.85 bits per heavy atom. The molecule has 0 saturated heterocycles. The minimum absolute atomic E-state index is 0.00284. The number of rotatable bonds is 4. The molecule has 13 heteroatoms. The number of methoxy groups -OCH3 is 1. The zero-order valence-electron chi connectivity index (χ0n) is 19.9.